The fraction of sp³-hybridized carbons (Fsp3) is 0.190. The number of nitrogens with zero attached hydrogens (tertiary/aromatic N) is 4. The molecule has 2 aromatic heterocycles. The SMILES string of the molecule is CC(C)(C)OC(=O)N(c1cccc(Cl)c1)c1cncnc1-c1cncc(C(=O)O)c1. The number of anilines is 2. The van der Waals surface area contributed by atoms with Crippen molar-refractivity contribution in [1.29, 1.82) is 0 Å². The lowest BCUT2D eigenvalue weighted by atomic mass is 10.1. The van der Waals surface area contributed by atoms with Crippen LogP contribution in [0.2, 0.25) is 5.02 Å². The molecule has 0 aliphatic heterocycles. The summed E-state index contributed by atoms with van der Waals surface area (Å²) in [6.07, 6.45) is 4.78. The minimum atomic E-state index is -1.13. The predicted octanol–water partition coefficient (Wildman–Crippen LogP) is 4.96. The molecule has 1 N–H and O–H groups in total. The molecular formula is C21H19ClN4O4. The van der Waals surface area contributed by atoms with Gasteiger partial charge in [0.05, 0.1) is 28.8 Å². The normalized spacial score (nSPS) is 11.1. The van der Waals surface area contributed by atoms with Gasteiger partial charge in [0.15, 0.2) is 0 Å². The molecule has 0 bridgehead atoms. The number of carbonyl (C=O) groups is 2. The molecule has 1 amide bonds. The van der Waals surface area contributed by atoms with E-state index < -0.39 is 17.7 Å². The number of amides is 1. The van der Waals surface area contributed by atoms with E-state index in [0.29, 0.717) is 27.7 Å². The second-order valence-electron chi connectivity index (χ2n) is 7.32. The van der Waals surface area contributed by atoms with Crippen molar-refractivity contribution in [3.05, 3.63) is 65.8 Å². The molecule has 1 aromatic carbocycles. The van der Waals surface area contributed by atoms with Gasteiger partial charge in [-0.3, -0.25) is 4.98 Å². The van der Waals surface area contributed by atoms with Crippen LogP contribution in [0.1, 0.15) is 31.1 Å². The van der Waals surface area contributed by atoms with E-state index in [9.17, 15) is 14.7 Å². The van der Waals surface area contributed by atoms with E-state index in [2.05, 4.69) is 15.0 Å². The monoisotopic (exact) mass is 426 g/mol. The molecule has 154 valence electrons. The minimum Gasteiger partial charge on any atom is -0.478 e. The molecule has 0 radical (unpaired) electrons. The van der Waals surface area contributed by atoms with Crippen LogP contribution in [0.3, 0.4) is 0 Å². The Morgan fingerprint density at radius 3 is 2.53 bits per heavy atom. The Balaban J connectivity index is 2.19. The molecule has 3 rings (SSSR count). The second-order valence-corrected chi connectivity index (χ2v) is 7.76. The molecule has 0 saturated heterocycles. The van der Waals surface area contributed by atoms with Gasteiger partial charge in [-0.1, -0.05) is 17.7 Å². The van der Waals surface area contributed by atoms with Crippen LogP contribution in [-0.4, -0.2) is 37.7 Å². The molecule has 30 heavy (non-hydrogen) atoms. The Kier molecular flexibility index (Phi) is 5.98. The number of rotatable bonds is 4. The number of ether oxygens (including phenoxy) is 1. The zero-order chi connectivity index (χ0) is 21.9. The van der Waals surface area contributed by atoms with Gasteiger partial charge in [-0.05, 0) is 45.0 Å². The van der Waals surface area contributed by atoms with Gasteiger partial charge >= 0.3 is 12.1 Å². The number of carboxylic acids is 1. The van der Waals surface area contributed by atoms with Crippen molar-refractivity contribution in [2.24, 2.45) is 0 Å². The molecule has 0 saturated carbocycles. The maximum Gasteiger partial charge on any atom is 0.419 e. The number of halogens is 1. The minimum absolute atomic E-state index is 0.0105. The highest BCUT2D eigenvalue weighted by atomic mass is 35.5. The van der Waals surface area contributed by atoms with E-state index >= 15 is 0 Å². The number of carbonyl (C=O) groups excluding carboxylic acids is 1. The van der Waals surface area contributed by atoms with Crippen molar-refractivity contribution in [3.8, 4) is 11.3 Å². The molecule has 2 heterocycles. The highest BCUT2D eigenvalue weighted by Crippen LogP contribution is 2.35. The Labute approximate surface area is 178 Å². The Morgan fingerprint density at radius 2 is 1.87 bits per heavy atom. The summed E-state index contributed by atoms with van der Waals surface area (Å²) in [5.74, 6) is -1.13. The molecule has 0 spiro atoms. The van der Waals surface area contributed by atoms with Gasteiger partial charge in [-0.2, -0.15) is 0 Å². The molecular weight excluding hydrogens is 408 g/mol. The van der Waals surface area contributed by atoms with Gasteiger partial charge in [0.2, 0.25) is 0 Å². The lowest BCUT2D eigenvalue weighted by molar-refractivity contribution is 0.0598. The van der Waals surface area contributed by atoms with E-state index in [1.54, 1.807) is 45.0 Å². The number of hydrogen-bond donors (Lipinski definition) is 1. The van der Waals surface area contributed by atoms with Crippen LogP contribution < -0.4 is 4.90 Å². The van der Waals surface area contributed by atoms with E-state index in [0.717, 1.165) is 0 Å². The Hall–Kier alpha value is -3.52. The standard InChI is InChI=1S/C21H19ClN4O4/c1-21(2,3)30-20(29)26(16-6-4-5-15(22)8-16)17-11-24-12-25-18(17)13-7-14(19(27)28)10-23-9-13/h4-12H,1-3H3,(H,27,28). The second kappa shape index (κ2) is 8.46. The van der Waals surface area contributed by atoms with E-state index in [-0.39, 0.29) is 5.56 Å². The van der Waals surface area contributed by atoms with Crippen molar-refractivity contribution in [3.63, 3.8) is 0 Å². The average Bonchev–Trinajstić information content (AvgIpc) is 2.67. The number of aromatic carboxylic acids is 1. The molecule has 0 aliphatic carbocycles. The van der Waals surface area contributed by atoms with Gasteiger partial charge < -0.3 is 9.84 Å². The van der Waals surface area contributed by atoms with Crippen LogP contribution in [0.4, 0.5) is 16.2 Å². The number of aromatic nitrogens is 3. The van der Waals surface area contributed by atoms with Crippen molar-refractivity contribution < 1.29 is 19.4 Å². The summed E-state index contributed by atoms with van der Waals surface area (Å²) in [7, 11) is 0. The van der Waals surface area contributed by atoms with Gasteiger partial charge in [0.1, 0.15) is 11.9 Å². The van der Waals surface area contributed by atoms with Crippen LogP contribution >= 0.6 is 11.6 Å². The Bertz CT molecular complexity index is 1100. The van der Waals surface area contributed by atoms with E-state index in [1.165, 1.54) is 35.9 Å². The summed E-state index contributed by atoms with van der Waals surface area (Å²) in [5.41, 5.74) is 0.681. The predicted molar refractivity (Wildman–Crippen MR) is 112 cm³/mol. The maximum absolute atomic E-state index is 13.1. The first kappa shape index (κ1) is 21.2. The third-order valence-corrected chi connectivity index (χ3v) is 4.07. The van der Waals surface area contributed by atoms with Crippen LogP contribution in [0.5, 0.6) is 0 Å². The summed E-state index contributed by atoms with van der Waals surface area (Å²) in [5, 5.41) is 9.71. The third-order valence-electron chi connectivity index (χ3n) is 3.83. The topological polar surface area (TPSA) is 106 Å². The average molecular weight is 427 g/mol. The molecule has 9 heteroatoms. The van der Waals surface area contributed by atoms with Crippen LogP contribution in [0.25, 0.3) is 11.3 Å². The smallest absolute Gasteiger partial charge is 0.419 e. The van der Waals surface area contributed by atoms with Gasteiger partial charge in [-0.25, -0.2) is 24.5 Å². The van der Waals surface area contributed by atoms with E-state index in [1.807, 2.05) is 0 Å². The fourth-order valence-electron chi connectivity index (χ4n) is 2.66. The summed E-state index contributed by atoms with van der Waals surface area (Å²) in [6.45, 7) is 5.26. The van der Waals surface area contributed by atoms with Crippen LogP contribution in [0, 0.1) is 0 Å². The number of benzene rings is 1. The molecule has 0 aliphatic rings. The Morgan fingerprint density at radius 1 is 1.10 bits per heavy atom. The first-order chi connectivity index (χ1) is 14.2. The summed E-state index contributed by atoms with van der Waals surface area (Å²) >= 11 is 6.14. The van der Waals surface area contributed by atoms with Crippen molar-refractivity contribution in [2.75, 3.05) is 4.90 Å². The summed E-state index contributed by atoms with van der Waals surface area (Å²) in [6, 6.07) is 8.10. The van der Waals surface area contributed by atoms with Crippen molar-refractivity contribution in [1.82, 2.24) is 15.0 Å². The number of carboxylic acid groups (broad SMARTS) is 1. The number of hydrogen-bond acceptors (Lipinski definition) is 6. The first-order valence-corrected chi connectivity index (χ1v) is 9.31. The molecule has 0 atom stereocenters. The quantitative estimate of drug-likeness (QED) is 0.628. The van der Waals surface area contributed by atoms with Crippen molar-refractivity contribution >= 4 is 35.0 Å². The zero-order valence-corrected chi connectivity index (χ0v) is 17.3. The largest absolute Gasteiger partial charge is 0.478 e. The summed E-state index contributed by atoms with van der Waals surface area (Å²) in [4.78, 5) is 38.1. The zero-order valence-electron chi connectivity index (χ0n) is 16.5. The maximum atomic E-state index is 13.1. The lowest BCUT2D eigenvalue weighted by Gasteiger charge is -2.28. The fourth-order valence-corrected chi connectivity index (χ4v) is 2.84. The molecule has 8 nitrogen and oxygen atoms in total. The molecule has 0 unspecified atom stereocenters. The number of pyridine rings is 1. The lowest BCUT2D eigenvalue weighted by Crippen LogP contribution is -2.34. The molecule has 0 fully saturated rings. The highest BCUT2D eigenvalue weighted by Gasteiger charge is 2.28. The molecule has 3 aromatic rings. The first-order valence-electron chi connectivity index (χ1n) is 8.93. The van der Waals surface area contributed by atoms with E-state index in [4.69, 9.17) is 16.3 Å². The van der Waals surface area contributed by atoms with Gasteiger partial charge in [-0.15, -0.1) is 0 Å². The third kappa shape index (κ3) is 4.90. The van der Waals surface area contributed by atoms with Gasteiger partial charge in [0.25, 0.3) is 0 Å². The summed E-state index contributed by atoms with van der Waals surface area (Å²) < 4.78 is 5.58. The van der Waals surface area contributed by atoms with Crippen LogP contribution in [-0.2, 0) is 4.74 Å². The van der Waals surface area contributed by atoms with Gasteiger partial charge in [0, 0.05) is 23.0 Å². The highest BCUT2D eigenvalue weighted by molar-refractivity contribution is 6.31. The van der Waals surface area contributed by atoms with Crippen LogP contribution in [0.15, 0.2) is 55.2 Å². The van der Waals surface area contributed by atoms with Crippen molar-refractivity contribution in [2.45, 2.75) is 26.4 Å².